The molecule has 0 bridgehead atoms. The molecule has 0 radical (unpaired) electrons. The van der Waals surface area contributed by atoms with Crippen molar-refractivity contribution >= 4 is 11.6 Å². The van der Waals surface area contributed by atoms with E-state index in [9.17, 15) is 4.79 Å². The topological polar surface area (TPSA) is 70.7 Å². The van der Waals surface area contributed by atoms with Gasteiger partial charge in [0.1, 0.15) is 0 Å². The highest BCUT2D eigenvalue weighted by atomic mass is 16.2. The molecule has 19 heavy (non-hydrogen) atoms. The van der Waals surface area contributed by atoms with E-state index >= 15 is 0 Å². The number of rotatable bonds is 4. The summed E-state index contributed by atoms with van der Waals surface area (Å²) in [6, 6.07) is 6.09. The number of aromatic nitrogens is 3. The van der Waals surface area contributed by atoms with Gasteiger partial charge in [0.2, 0.25) is 0 Å². The van der Waals surface area contributed by atoms with Crippen LogP contribution in [0.3, 0.4) is 0 Å². The van der Waals surface area contributed by atoms with Crippen molar-refractivity contribution in [3.63, 3.8) is 0 Å². The lowest BCUT2D eigenvalue weighted by Gasteiger charge is -2.13. The number of anilines is 1. The molecular weight excluding hydrogens is 240 g/mol. The average molecular weight is 258 g/mol. The number of benzene rings is 1. The Balaban J connectivity index is 2.33. The number of hydrogen-bond donors (Lipinski definition) is 2. The van der Waals surface area contributed by atoms with Crippen molar-refractivity contribution in [3.8, 4) is 0 Å². The number of hydrogen-bond acceptors (Lipinski definition) is 3. The molecule has 1 aromatic carbocycles. The Hall–Kier alpha value is -2.17. The number of carbonyl (C=O) groups excluding carboxylic acids is 1. The lowest BCUT2D eigenvalue weighted by Crippen LogP contribution is -2.16. The summed E-state index contributed by atoms with van der Waals surface area (Å²) in [5, 5.41) is 13.2. The maximum atomic E-state index is 12.2. The normalized spacial score (nSPS) is 10.5. The number of aromatic amines is 1. The van der Waals surface area contributed by atoms with Crippen LogP contribution in [-0.4, -0.2) is 21.3 Å². The van der Waals surface area contributed by atoms with Gasteiger partial charge in [0.25, 0.3) is 5.91 Å². The first-order valence-electron chi connectivity index (χ1n) is 6.46. The Kier molecular flexibility index (Phi) is 3.94. The molecule has 0 aliphatic heterocycles. The Morgan fingerprint density at radius 3 is 2.32 bits per heavy atom. The molecule has 0 fully saturated rings. The number of nitrogens with zero attached hydrogens (tertiary/aromatic N) is 2. The van der Waals surface area contributed by atoms with Crippen LogP contribution in [0.25, 0.3) is 0 Å². The number of aryl methyl sites for hydroxylation is 3. The third kappa shape index (κ3) is 2.65. The summed E-state index contributed by atoms with van der Waals surface area (Å²) in [7, 11) is 0. The highest BCUT2D eigenvalue weighted by molar-refractivity contribution is 6.04. The second-order valence-corrected chi connectivity index (χ2v) is 4.37. The highest BCUT2D eigenvalue weighted by Gasteiger charge is 2.16. The molecule has 0 aliphatic carbocycles. The van der Waals surface area contributed by atoms with E-state index in [1.54, 1.807) is 6.92 Å². The number of carbonyl (C=O) groups is 1. The Bertz CT molecular complexity index is 567. The smallest absolute Gasteiger partial charge is 0.278 e. The van der Waals surface area contributed by atoms with Crippen molar-refractivity contribution in [2.45, 2.75) is 33.6 Å². The number of nitrogens with one attached hydrogen (secondary N) is 2. The fourth-order valence-corrected chi connectivity index (χ4v) is 2.07. The summed E-state index contributed by atoms with van der Waals surface area (Å²) in [5.74, 6) is -0.221. The molecule has 2 N–H and O–H groups in total. The standard InChI is InChI=1S/C14H18N4O/c1-4-10-7-6-8-11(5-2)13(10)15-14(19)12-9(3)16-18-17-12/h6-8H,4-5H2,1-3H3,(H,15,19)(H,16,17,18). The monoisotopic (exact) mass is 258 g/mol. The van der Waals surface area contributed by atoms with Crippen LogP contribution in [-0.2, 0) is 12.8 Å². The minimum Gasteiger partial charge on any atom is -0.320 e. The summed E-state index contributed by atoms with van der Waals surface area (Å²) in [4.78, 5) is 12.2. The highest BCUT2D eigenvalue weighted by Crippen LogP contribution is 2.23. The van der Waals surface area contributed by atoms with E-state index in [1.807, 2.05) is 18.2 Å². The zero-order chi connectivity index (χ0) is 13.8. The van der Waals surface area contributed by atoms with Crippen LogP contribution in [0.4, 0.5) is 5.69 Å². The Labute approximate surface area is 112 Å². The third-order valence-electron chi connectivity index (χ3n) is 3.17. The van der Waals surface area contributed by atoms with E-state index in [4.69, 9.17) is 0 Å². The summed E-state index contributed by atoms with van der Waals surface area (Å²) in [6.07, 6.45) is 1.75. The molecule has 0 atom stereocenters. The van der Waals surface area contributed by atoms with E-state index < -0.39 is 0 Å². The zero-order valence-corrected chi connectivity index (χ0v) is 11.4. The largest absolute Gasteiger partial charge is 0.320 e. The predicted molar refractivity (Wildman–Crippen MR) is 74.3 cm³/mol. The summed E-state index contributed by atoms with van der Waals surface area (Å²) in [5.41, 5.74) is 4.11. The molecule has 2 rings (SSSR count). The fraction of sp³-hybridized carbons (Fsp3) is 0.357. The first kappa shape index (κ1) is 13.3. The molecular formula is C14H18N4O. The molecule has 2 aromatic rings. The van der Waals surface area contributed by atoms with Gasteiger partial charge in [0.05, 0.1) is 5.69 Å². The van der Waals surface area contributed by atoms with Crippen molar-refractivity contribution < 1.29 is 4.79 Å². The van der Waals surface area contributed by atoms with Gasteiger partial charge in [-0.05, 0) is 30.9 Å². The second-order valence-electron chi connectivity index (χ2n) is 4.37. The van der Waals surface area contributed by atoms with Gasteiger partial charge in [-0.3, -0.25) is 4.79 Å². The van der Waals surface area contributed by atoms with Gasteiger partial charge in [0.15, 0.2) is 5.69 Å². The first-order chi connectivity index (χ1) is 9.17. The van der Waals surface area contributed by atoms with E-state index in [-0.39, 0.29) is 5.91 Å². The van der Waals surface area contributed by atoms with E-state index in [2.05, 4.69) is 34.6 Å². The lowest BCUT2D eigenvalue weighted by atomic mass is 10.0. The number of para-hydroxylation sites is 1. The van der Waals surface area contributed by atoms with Crippen LogP contribution in [0.15, 0.2) is 18.2 Å². The van der Waals surface area contributed by atoms with Gasteiger partial charge in [-0.1, -0.05) is 32.0 Å². The number of H-pyrrole nitrogens is 1. The van der Waals surface area contributed by atoms with Crippen molar-refractivity contribution in [1.29, 1.82) is 0 Å². The Morgan fingerprint density at radius 2 is 1.84 bits per heavy atom. The van der Waals surface area contributed by atoms with Crippen LogP contribution in [0, 0.1) is 6.92 Å². The summed E-state index contributed by atoms with van der Waals surface area (Å²) >= 11 is 0. The minimum atomic E-state index is -0.221. The molecule has 0 saturated carbocycles. The summed E-state index contributed by atoms with van der Waals surface area (Å²) < 4.78 is 0. The van der Waals surface area contributed by atoms with E-state index in [0.29, 0.717) is 11.4 Å². The van der Waals surface area contributed by atoms with Crippen molar-refractivity contribution in [2.24, 2.45) is 0 Å². The number of amides is 1. The van der Waals surface area contributed by atoms with Crippen LogP contribution >= 0.6 is 0 Å². The van der Waals surface area contributed by atoms with E-state index in [1.165, 1.54) is 0 Å². The first-order valence-corrected chi connectivity index (χ1v) is 6.46. The van der Waals surface area contributed by atoms with Crippen molar-refractivity contribution in [1.82, 2.24) is 15.4 Å². The molecule has 5 nitrogen and oxygen atoms in total. The molecule has 100 valence electrons. The van der Waals surface area contributed by atoms with Gasteiger partial charge in [-0.25, -0.2) is 0 Å². The van der Waals surface area contributed by atoms with Crippen LogP contribution in [0.1, 0.15) is 41.2 Å². The van der Waals surface area contributed by atoms with Crippen LogP contribution in [0.2, 0.25) is 0 Å². The average Bonchev–Trinajstić information content (AvgIpc) is 2.85. The third-order valence-corrected chi connectivity index (χ3v) is 3.17. The maximum Gasteiger partial charge on any atom is 0.278 e. The van der Waals surface area contributed by atoms with Gasteiger partial charge in [-0.2, -0.15) is 15.4 Å². The summed E-state index contributed by atoms with van der Waals surface area (Å²) in [6.45, 7) is 5.91. The van der Waals surface area contributed by atoms with Gasteiger partial charge in [-0.15, -0.1) is 0 Å². The van der Waals surface area contributed by atoms with Crippen LogP contribution in [0.5, 0.6) is 0 Å². The SMILES string of the molecule is CCc1cccc(CC)c1NC(=O)c1n[nH]nc1C. The lowest BCUT2D eigenvalue weighted by molar-refractivity contribution is 0.102. The zero-order valence-electron chi connectivity index (χ0n) is 11.4. The van der Waals surface area contributed by atoms with Crippen molar-refractivity contribution in [3.05, 3.63) is 40.7 Å². The maximum absolute atomic E-state index is 12.2. The molecule has 0 spiro atoms. The molecule has 1 aromatic heterocycles. The molecule has 1 heterocycles. The molecule has 0 saturated heterocycles. The molecule has 5 heteroatoms. The van der Waals surface area contributed by atoms with Gasteiger partial charge in [0, 0.05) is 5.69 Å². The quantitative estimate of drug-likeness (QED) is 0.885. The van der Waals surface area contributed by atoms with Crippen LogP contribution < -0.4 is 5.32 Å². The minimum absolute atomic E-state index is 0.221. The molecule has 1 amide bonds. The van der Waals surface area contributed by atoms with Crippen molar-refractivity contribution in [2.75, 3.05) is 5.32 Å². The second kappa shape index (κ2) is 5.65. The molecule has 0 aliphatic rings. The van der Waals surface area contributed by atoms with Gasteiger partial charge < -0.3 is 5.32 Å². The van der Waals surface area contributed by atoms with Gasteiger partial charge >= 0.3 is 0 Å². The fourth-order valence-electron chi connectivity index (χ4n) is 2.07. The Morgan fingerprint density at radius 1 is 1.21 bits per heavy atom. The molecule has 0 unspecified atom stereocenters. The van der Waals surface area contributed by atoms with E-state index in [0.717, 1.165) is 29.7 Å². The predicted octanol–water partition coefficient (Wildman–Crippen LogP) is 2.49.